The second-order valence-corrected chi connectivity index (χ2v) is 6.43. The van der Waals surface area contributed by atoms with Gasteiger partial charge in [0.15, 0.2) is 0 Å². The predicted octanol–water partition coefficient (Wildman–Crippen LogP) is 4.58. The van der Waals surface area contributed by atoms with Crippen LogP contribution in [0.15, 0.2) is 83.3 Å². The summed E-state index contributed by atoms with van der Waals surface area (Å²) in [5.74, 6) is 0.382. The molecule has 0 radical (unpaired) electrons. The minimum atomic E-state index is -0.445. The summed E-state index contributed by atoms with van der Waals surface area (Å²) in [7, 11) is 0. The summed E-state index contributed by atoms with van der Waals surface area (Å²) in [5.41, 5.74) is 2.56. The fourth-order valence-corrected chi connectivity index (χ4v) is 2.80. The first kappa shape index (κ1) is 19.1. The van der Waals surface area contributed by atoms with Crippen LogP contribution in [0.5, 0.6) is 5.75 Å². The lowest BCUT2D eigenvalue weighted by Gasteiger charge is -2.07. The minimum Gasteiger partial charge on any atom is -0.427 e. The molecule has 3 aromatic carbocycles. The maximum Gasteiger partial charge on any atom is 0.308 e. The van der Waals surface area contributed by atoms with E-state index in [0.29, 0.717) is 28.8 Å². The number of carbonyl (C=O) groups is 2. The molecule has 7 heteroatoms. The van der Waals surface area contributed by atoms with Crippen molar-refractivity contribution in [1.29, 1.82) is 0 Å². The molecule has 4 rings (SSSR count). The molecule has 148 valence electrons. The number of esters is 1. The van der Waals surface area contributed by atoms with Crippen LogP contribution < -0.4 is 10.1 Å². The molecule has 0 saturated heterocycles. The smallest absolute Gasteiger partial charge is 0.308 e. The largest absolute Gasteiger partial charge is 0.427 e. The van der Waals surface area contributed by atoms with Crippen molar-refractivity contribution in [2.24, 2.45) is 0 Å². The number of amides is 1. The van der Waals surface area contributed by atoms with Gasteiger partial charge in [0.2, 0.25) is 11.8 Å². The average Bonchev–Trinajstić information content (AvgIpc) is 3.25. The molecule has 0 fully saturated rings. The summed E-state index contributed by atoms with van der Waals surface area (Å²) in [6.07, 6.45) is 0. The maximum absolute atomic E-state index is 12.5. The van der Waals surface area contributed by atoms with Crippen LogP contribution in [0.2, 0.25) is 0 Å². The number of nitrogens with zero attached hydrogens (tertiary/aromatic N) is 2. The maximum atomic E-state index is 12.5. The lowest BCUT2D eigenvalue weighted by atomic mass is 10.1. The van der Waals surface area contributed by atoms with Gasteiger partial charge in [0.25, 0.3) is 5.91 Å². The molecular weight excluding hydrogens is 382 g/mol. The van der Waals surface area contributed by atoms with Crippen molar-refractivity contribution in [2.75, 3.05) is 5.32 Å². The molecule has 30 heavy (non-hydrogen) atoms. The Morgan fingerprint density at radius 3 is 2.17 bits per heavy atom. The third-order valence-electron chi connectivity index (χ3n) is 4.19. The average molecular weight is 399 g/mol. The van der Waals surface area contributed by atoms with Crippen molar-refractivity contribution in [2.45, 2.75) is 6.92 Å². The molecule has 7 nitrogen and oxygen atoms in total. The first-order valence-electron chi connectivity index (χ1n) is 9.18. The van der Waals surface area contributed by atoms with E-state index < -0.39 is 5.97 Å². The first-order chi connectivity index (χ1) is 14.6. The standard InChI is InChI=1S/C23H17N3O4/c1-15(27)29-20-9-5-8-18(14-20)21(28)24-19-12-10-17(11-13-19)23-26-25-22(30-23)16-6-3-2-4-7-16/h2-14H,1H3,(H,24,28). The van der Waals surface area contributed by atoms with Crippen LogP contribution in [-0.2, 0) is 4.79 Å². The molecule has 1 aromatic heterocycles. The number of ether oxygens (including phenoxy) is 1. The van der Waals surface area contributed by atoms with Crippen molar-refractivity contribution in [3.05, 3.63) is 84.4 Å². The van der Waals surface area contributed by atoms with Gasteiger partial charge in [-0.2, -0.15) is 0 Å². The van der Waals surface area contributed by atoms with Crippen LogP contribution in [0.3, 0.4) is 0 Å². The highest BCUT2D eigenvalue weighted by Gasteiger charge is 2.12. The van der Waals surface area contributed by atoms with E-state index in [2.05, 4.69) is 15.5 Å². The van der Waals surface area contributed by atoms with E-state index in [4.69, 9.17) is 9.15 Å². The third-order valence-corrected chi connectivity index (χ3v) is 4.19. The third kappa shape index (κ3) is 4.41. The highest BCUT2D eigenvalue weighted by atomic mass is 16.5. The Bertz CT molecular complexity index is 1180. The molecule has 0 saturated carbocycles. The molecule has 0 spiro atoms. The molecular formula is C23H17N3O4. The molecule has 0 atom stereocenters. The number of nitrogens with one attached hydrogen (secondary N) is 1. The highest BCUT2D eigenvalue weighted by Crippen LogP contribution is 2.25. The summed E-state index contributed by atoms with van der Waals surface area (Å²) >= 11 is 0. The van der Waals surface area contributed by atoms with Crippen molar-refractivity contribution in [3.63, 3.8) is 0 Å². The zero-order valence-corrected chi connectivity index (χ0v) is 16.0. The van der Waals surface area contributed by atoms with Gasteiger partial charge in [0.1, 0.15) is 5.75 Å². The topological polar surface area (TPSA) is 94.3 Å². The zero-order valence-electron chi connectivity index (χ0n) is 16.0. The van der Waals surface area contributed by atoms with E-state index in [1.54, 1.807) is 42.5 Å². The Morgan fingerprint density at radius 2 is 1.50 bits per heavy atom. The Kier molecular flexibility index (Phi) is 5.34. The van der Waals surface area contributed by atoms with Crippen LogP contribution in [0.1, 0.15) is 17.3 Å². The van der Waals surface area contributed by atoms with Crippen molar-refractivity contribution < 1.29 is 18.7 Å². The van der Waals surface area contributed by atoms with Gasteiger partial charge in [0.05, 0.1) is 0 Å². The highest BCUT2D eigenvalue weighted by molar-refractivity contribution is 6.04. The van der Waals surface area contributed by atoms with Gasteiger partial charge >= 0.3 is 5.97 Å². The van der Waals surface area contributed by atoms with E-state index in [1.165, 1.54) is 13.0 Å². The fraction of sp³-hybridized carbons (Fsp3) is 0.0435. The number of benzene rings is 3. The molecule has 0 aliphatic heterocycles. The zero-order chi connectivity index (χ0) is 20.9. The number of anilines is 1. The second-order valence-electron chi connectivity index (χ2n) is 6.43. The summed E-state index contributed by atoms with van der Waals surface area (Å²) in [5, 5.41) is 11.0. The second kappa shape index (κ2) is 8.40. The first-order valence-corrected chi connectivity index (χ1v) is 9.18. The molecule has 0 aliphatic carbocycles. The normalized spacial score (nSPS) is 10.4. The van der Waals surface area contributed by atoms with Crippen LogP contribution in [0, 0.1) is 0 Å². The van der Waals surface area contributed by atoms with Gasteiger partial charge in [-0.05, 0) is 54.6 Å². The van der Waals surface area contributed by atoms with E-state index in [0.717, 1.165) is 11.1 Å². The Labute approximate surface area is 172 Å². The molecule has 1 N–H and O–H groups in total. The number of carbonyl (C=O) groups excluding carboxylic acids is 2. The monoisotopic (exact) mass is 399 g/mol. The quantitative estimate of drug-likeness (QED) is 0.390. The van der Waals surface area contributed by atoms with Gasteiger partial charge in [-0.3, -0.25) is 9.59 Å². The van der Waals surface area contributed by atoms with Crippen LogP contribution in [0.4, 0.5) is 5.69 Å². The molecule has 0 unspecified atom stereocenters. The number of hydrogen-bond acceptors (Lipinski definition) is 6. The predicted molar refractivity (Wildman–Crippen MR) is 111 cm³/mol. The fourth-order valence-electron chi connectivity index (χ4n) is 2.80. The number of rotatable bonds is 5. The molecule has 4 aromatic rings. The molecule has 0 bridgehead atoms. The summed E-state index contributed by atoms with van der Waals surface area (Å²) in [6, 6.07) is 23.0. The van der Waals surface area contributed by atoms with Crippen LogP contribution in [0.25, 0.3) is 22.9 Å². The van der Waals surface area contributed by atoms with Gasteiger partial charge < -0.3 is 14.5 Å². The Hall–Kier alpha value is -4.26. The van der Waals surface area contributed by atoms with Gasteiger partial charge in [0, 0.05) is 29.3 Å². The van der Waals surface area contributed by atoms with E-state index in [9.17, 15) is 9.59 Å². The summed E-state index contributed by atoms with van der Waals surface area (Å²) in [6.45, 7) is 1.31. The molecule has 1 heterocycles. The van der Waals surface area contributed by atoms with Gasteiger partial charge in [-0.25, -0.2) is 0 Å². The van der Waals surface area contributed by atoms with E-state index in [1.807, 2.05) is 30.3 Å². The van der Waals surface area contributed by atoms with Crippen LogP contribution in [-0.4, -0.2) is 22.1 Å². The van der Waals surface area contributed by atoms with E-state index in [-0.39, 0.29) is 5.91 Å². The van der Waals surface area contributed by atoms with Crippen molar-refractivity contribution in [3.8, 4) is 28.7 Å². The Morgan fingerprint density at radius 1 is 0.833 bits per heavy atom. The van der Waals surface area contributed by atoms with Gasteiger partial charge in [-0.15, -0.1) is 10.2 Å². The lowest BCUT2D eigenvalue weighted by molar-refractivity contribution is -0.131. The van der Waals surface area contributed by atoms with Crippen molar-refractivity contribution in [1.82, 2.24) is 10.2 Å². The van der Waals surface area contributed by atoms with E-state index >= 15 is 0 Å². The number of hydrogen-bond donors (Lipinski definition) is 1. The van der Waals surface area contributed by atoms with Crippen LogP contribution >= 0.6 is 0 Å². The molecule has 1 amide bonds. The lowest BCUT2D eigenvalue weighted by Crippen LogP contribution is -2.12. The molecule has 0 aliphatic rings. The minimum absolute atomic E-state index is 0.316. The Balaban J connectivity index is 1.46. The van der Waals surface area contributed by atoms with Crippen molar-refractivity contribution >= 4 is 17.6 Å². The summed E-state index contributed by atoms with van der Waals surface area (Å²) in [4.78, 5) is 23.6. The SMILES string of the molecule is CC(=O)Oc1cccc(C(=O)Nc2ccc(-c3nnc(-c4ccccc4)o3)cc2)c1. The van der Waals surface area contributed by atoms with Gasteiger partial charge in [-0.1, -0.05) is 24.3 Å². The summed E-state index contributed by atoms with van der Waals surface area (Å²) < 4.78 is 10.8. The number of aromatic nitrogens is 2.